The number of H-pyrrole nitrogens is 1. The van der Waals surface area contributed by atoms with Crippen LogP contribution in [-0.4, -0.2) is 25.9 Å². The number of aromatic nitrogens is 3. The standard InChI is InChI=1S/C21H23FN4O2S/c1-14(17-8-10-18(22)11-9-17)23-19(27)15(2)29-21-25-24-20(28)26(21)13-12-16-6-4-3-5-7-16/h3-11,14-15H,12-13H2,1-2H3,(H,23,27)(H,24,28)/t14-,15-/m0/s1. The smallest absolute Gasteiger partial charge is 0.343 e. The molecule has 0 aliphatic rings. The molecule has 6 nitrogen and oxygen atoms in total. The molecule has 1 amide bonds. The SMILES string of the molecule is C[C@H](Sc1n[nH]c(=O)n1CCc1ccccc1)C(=O)N[C@@H](C)c1ccc(F)cc1. The summed E-state index contributed by atoms with van der Waals surface area (Å²) in [6, 6.07) is 15.6. The van der Waals surface area contributed by atoms with E-state index in [4.69, 9.17) is 0 Å². The summed E-state index contributed by atoms with van der Waals surface area (Å²) in [5.41, 5.74) is 1.64. The number of carbonyl (C=O) groups is 1. The van der Waals surface area contributed by atoms with E-state index in [1.807, 2.05) is 37.3 Å². The van der Waals surface area contributed by atoms with Gasteiger partial charge in [0, 0.05) is 6.54 Å². The van der Waals surface area contributed by atoms with Crippen molar-refractivity contribution in [2.24, 2.45) is 0 Å². The summed E-state index contributed by atoms with van der Waals surface area (Å²) >= 11 is 1.22. The molecule has 3 rings (SSSR count). The normalized spacial score (nSPS) is 13.1. The van der Waals surface area contributed by atoms with Crippen LogP contribution in [0, 0.1) is 5.82 Å². The van der Waals surface area contributed by atoms with E-state index >= 15 is 0 Å². The molecule has 0 saturated carbocycles. The van der Waals surface area contributed by atoms with Gasteiger partial charge in [0.2, 0.25) is 5.91 Å². The molecule has 0 saturated heterocycles. The highest BCUT2D eigenvalue weighted by atomic mass is 32.2. The van der Waals surface area contributed by atoms with Gasteiger partial charge >= 0.3 is 5.69 Å². The number of hydrogen-bond acceptors (Lipinski definition) is 4. The molecule has 8 heteroatoms. The zero-order valence-corrected chi connectivity index (χ0v) is 17.1. The summed E-state index contributed by atoms with van der Waals surface area (Å²) in [6.07, 6.45) is 0.690. The van der Waals surface area contributed by atoms with Crippen LogP contribution < -0.4 is 11.0 Å². The van der Waals surface area contributed by atoms with Gasteiger partial charge in [-0.1, -0.05) is 54.2 Å². The number of carbonyl (C=O) groups excluding carboxylic acids is 1. The Morgan fingerprint density at radius 2 is 1.86 bits per heavy atom. The Bertz CT molecular complexity index is 1000. The number of amides is 1. The number of aryl methyl sites for hydroxylation is 1. The Balaban J connectivity index is 1.61. The van der Waals surface area contributed by atoms with Gasteiger partial charge in [-0.05, 0) is 43.5 Å². The maximum atomic E-state index is 13.1. The maximum Gasteiger partial charge on any atom is 0.343 e. The highest BCUT2D eigenvalue weighted by molar-refractivity contribution is 8.00. The van der Waals surface area contributed by atoms with Crippen LogP contribution in [0.5, 0.6) is 0 Å². The zero-order chi connectivity index (χ0) is 20.8. The molecule has 29 heavy (non-hydrogen) atoms. The van der Waals surface area contributed by atoms with Crippen molar-refractivity contribution in [1.29, 1.82) is 0 Å². The topological polar surface area (TPSA) is 79.8 Å². The number of aromatic amines is 1. The van der Waals surface area contributed by atoms with Crippen LogP contribution >= 0.6 is 11.8 Å². The largest absolute Gasteiger partial charge is 0.349 e. The zero-order valence-electron chi connectivity index (χ0n) is 16.3. The Kier molecular flexibility index (Phi) is 6.87. The van der Waals surface area contributed by atoms with Crippen LogP contribution in [0.1, 0.15) is 31.0 Å². The summed E-state index contributed by atoms with van der Waals surface area (Å²) in [6.45, 7) is 4.08. The van der Waals surface area contributed by atoms with Crippen LogP contribution in [0.25, 0.3) is 0 Å². The van der Waals surface area contributed by atoms with Gasteiger partial charge < -0.3 is 5.32 Å². The fourth-order valence-electron chi connectivity index (χ4n) is 2.85. The van der Waals surface area contributed by atoms with Crippen molar-refractivity contribution in [3.63, 3.8) is 0 Å². The molecule has 152 valence electrons. The van der Waals surface area contributed by atoms with Gasteiger partial charge in [-0.25, -0.2) is 14.3 Å². The molecule has 0 bridgehead atoms. The molecule has 1 heterocycles. The summed E-state index contributed by atoms with van der Waals surface area (Å²) in [4.78, 5) is 24.7. The first-order valence-electron chi connectivity index (χ1n) is 9.35. The molecule has 0 spiro atoms. The Morgan fingerprint density at radius 3 is 2.55 bits per heavy atom. The first-order chi connectivity index (χ1) is 13.9. The van der Waals surface area contributed by atoms with Crippen LogP contribution in [0.4, 0.5) is 4.39 Å². The van der Waals surface area contributed by atoms with E-state index in [1.54, 1.807) is 23.6 Å². The third-order valence-corrected chi connectivity index (χ3v) is 5.66. The number of halogens is 1. The van der Waals surface area contributed by atoms with E-state index < -0.39 is 5.25 Å². The van der Waals surface area contributed by atoms with Gasteiger partial charge in [0.15, 0.2) is 5.16 Å². The number of benzene rings is 2. The molecular weight excluding hydrogens is 391 g/mol. The quantitative estimate of drug-likeness (QED) is 0.554. The van der Waals surface area contributed by atoms with Gasteiger partial charge in [-0.2, -0.15) is 0 Å². The molecular formula is C21H23FN4O2S. The van der Waals surface area contributed by atoms with E-state index in [9.17, 15) is 14.0 Å². The van der Waals surface area contributed by atoms with Crippen molar-refractivity contribution in [2.45, 2.75) is 43.3 Å². The fourth-order valence-corrected chi connectivity index (χ4v) is 3.74. The first kappa shape index (κ1) is 20.9. The van der Waals surface area contributed by atoms with Crippen LogP contribution in [0.15, 0.2) is 64.5 Å². The average molecular weight is 415 g/mol. The Hall–Kier alpha value is -2.87. The maximum absolute atomic E-state index is 13.1. The lowest BCUT2D eigenvalue weighted by molar-refractivity contribution is -0.120. The molecule has 2 N–H and O–H groups in total. The predicted octanol–water partition coefficient (Wildman–Crippen LogP) is 3.31. The van der Waals surface area contributed by atoms with Gasteiger partial charge in [-0.15, -0.1) is 5.10 Å². The molecule has 0 aliphatic carbocycles. The van der Waals surface area contributed by atoms with E-state index in [0.717, 1.165) is 11.1 Å². The lowest BCUT2D eigenvalue weighted by Crippen LogP contribution is -2.33. The van der Waals surface area contributed by atoms with E-state index in [0.29, 0.717) is 18.1 Å². The fraction of sp³-hybridized carbons (Fsp3) is 0.286. The monoisotopic (exact) mass is 414 g/mol. The number of thioether (sulfide) groups is 1. The molecule has 0 unspecified atom stereocenters. The van der Waals surface area contributed by atoms with Gasteiger partial charge in [0.05, 0.1) is 11.3 Å². The third kappa shape index (κ3) is 5.57. The number of rotatable bonds is 8. The summed E-state index contributed by atoms with van der Waals surface area (Å²) < 4.78 is 14.6. The lowest BCUT2D eigenvalue weighted by atomic mass is 10.1. The third-order valence-electron chi connectivity index (χ3n) is 4.57. The van der Waals surface area contributed by atoms with Crippen LogP contribution in [-0.2, 0) is 17.8 Å². The molecule has 0 fully saturated rings. The molecule has 2 aromatic carbocycles. The van der Waals surface area contributed by atoms with Crippen LogP contribution in [0.2, 0.25) is 0 Å². The second-order valence-corrected chi connectivity index (χ2v) is 8.05. The van der Waals surface area contributed by atoms with Gasteiger partial charge in [0.1, 0.15) is 5.82 Å². The Labute approximate surface area is 172 Å². The minimum absolute atomic E-state index is 0.183. The average Bonchev–Trinajstić information content (AvgIpc) is 3.06. The molecule has 0 aliphatic heterocycles. The van der Waals surface area contributed by atoms with E-state index in [2.05, 4.69) is 15.5 Å². The second-order valence-electron chi connectivity index (χ2n) is 6.74. The minimum atomic E-state index is -0.455. The van der Waals surface area contributed by atoms with Crippen molar-refractivity contribution in [3.05, 3.63) is 82.0 Å². The number of nitrogens with one attached hydrogen (secondary N) is 2. The van der Waals surface area contributed by atoms with Crippen molar-refractivity contribution in [3.8, 4) is 0 Å². The van der Waals surface area contributed by atoms with Gasteiger partial charge in [0.25, 0.3) is 0 Å². The van der Waals surface area contributed by atoms with Crippen molar-refractivity contribution in [2.75, 3.05) is 0 Å². The molecule has 3 aromatic rings. The minimum Gasteiger partial charge on any atom is -0.349 e. The lowest BCUT2D eigenvalue weighted by Gasteiger charge is -2.17. The van der Waals surface area contributed by atoms with Gasteiger partial charge in [-0.3, -0.25) is 9.36 Å². The highest BCUT2D eigenvalue weighted by Crippen LogP contribution is 2.22. The number of hydrogen-bond donors (Lipinski definition) is 2. The highest BCUT2D eigenvalue weighted by Gasteiger charge is 2.21. The van der Waals surface area contributed by atoms with Crippen molar-refractivity contribution in [1.82, 2.24) is 20.1 Å². The van der Waals surface area contributed by atoms with E-state index in [-0.39, 0.29) is 23.5 Å². The predicted molar refractivity (Wildman–Crippen MR) is 111 cm³/mol. The second kappa shape index (κ2) is 9.56. The first-order valence-corrected chi connectivity index (χ1v) is 10.2. The molecule has 0 radical (unpaired) electrons. The van der Waals surface area contributed by atoms with Crippen molar-refractivity contribution < 1.29 is 9.18 Å². The molecule has 1 aromatic heterocycles. The summed E-state index contributed by atoms with van der Waals surface area (Å²) in [5.74, 6) is -0.500. The summed E-state index contributed by atoms with van der Waals surface area (Å²) in [5, 5.41) is 9.46. The van der Waals surface area contributed by atoms with Crippen molar-refractivity contribution >= 4 is 17.7 Å². The molecule has 2 atom stereocenters. The number of nitrogens with zero attached hydrogens (tertiary/aromatic N) is 2. The summed E-state index contributed by atoms with van der Waals surface area (Å²) in [7, 11) is 0. The Morgan fingerprint density at radius 1 is 1.17 bits per heavy atom. The van der Waals surface area contributed by atoms with Crippen LogP contribution in [0.3, 0.4) is 0 Å². The van der Waals surface area contributed by atoms with E-state index in [1.165, 1.54) is 23.9 Å².